The van der Waals surface area contributed by atoms with Gasteiger partial charge in [0.15, 0.2) is 11.9 Å². The van der Waals surface area contributed by atoms with Gasteiger partial charge in [0.05, 0.1) is 31.7 Å². The van der Waals surface area contributed by atoms with Gasteiger partial charge in [-0.1, -0.05) is 39.8 Å². The molecule has 0 bridgehead atoms. The second kappa shape index (κ2) is 57.2. The van der Waals surface area contributed by atoms with Crippen LogP contribution < -0.4 is 131 Å². The van der Waals surface area contributed by atoms with Crippen molar-refractivity contribution in [1.29, 1.82) is 10.8 Å². The first-order valence-corrected chi connectivity index (χ1v) is 46.4. The van der Waals surface area contributed by atoms with Crippen molar-refractivity contribution in [3.05, 3.63) is 72.5 Å². The van der Waals surface area contributed by atoms with Gasteiger partial charge >= 0.3 is 0 Å². The Morgan fingerprint density at radius 3 is 1.61 bits per heavy atom. The lowest BCUT2D eigenvalue weighted by atomic mass is 10.0. The number of para-hydroxylation sites is 1. The number of nitrogens with zero attached hydrogens (tertiary/aromatic N) is 3. The summed E-state index contributed by atoms with van der Waals surface area (Å²) in [5.41, 5.74) is 47.6. The van der Waals surface area contributed by atoms with Crippen molar-refractivity contribution < 1.29 is 91.4 Å². The van der Waals surface area contributed by atoms with E-state index >= 15 is 24.0 Å². The molecule has 2 saturated heterocycles. The number of carbonyl (C=O) groups excluding carboxylic acids is 18. The number of benzene rings is 1. The number of aliphatic hydroxyl groups is 1. The molecule has 0 radical (unpaired) electrons. The SMILES string of the molecule is CC(=O)NC(CC(N)=O)C(=O)NC(Cc1c[nH]c2ccccc12)C(=O)NC1CSSCC(C(=O)NC(CCCCN)C(=O)NC(C(=O)NC(Cc2cnc[nH]2)C(=O)N2CCCC2C(=O)NC(Cc2cnc[nH]2)C(N)=O)C(C)O)NC(=O)C(CCC(N)=O)NC(=O)C(CCCCN)NC(=O)C(CCCNC(=N)N)NC(=O)CNC(=O)C(CCCNC(=N)N)NC(=O)C(CCCCN)NC1=O. The number of aromatic amines is 3. The molecule has 38 N–H and O–H groups in total. The molecule has 2 fully saturated rings. The minimum atomic E-state index is -1.95. The molecule has 51 nitrogen and oxygen atoms in total. The summed E-state index contributed by atoms with van der Waals surface area (Å²) in [5.74, 6) is -20.4. The average Bonchev–Trinajstić information content (AvgIpc) is 1.67. The van der Waals surface area contributed by atoms with Crippen LogP contribution in [-0.2, 0) is 106 Å². The van der Waals surface area contributed by atoms with Crippen LogP contribution in [0.5, 0.6) is 0 Å². The lowest BCUT2D eigenvalue weighted by molar-refractivity contribution is -0.143. The van der Waals surface area contributed by atoms with Gasteiger partial charge in [0.25, 0.3) is 0 Å². The van der Waals surface area contributed by atoms with Crippen molar-refractivity contribution in [3.63, 3.8) is 0 Å². The number of imidazole rings is 2. The Balaban J connectivity index is 1.48. The number of unbranched alkanes of at least 4 members (excludes halogenated alkanes) is 3. The van der Waals surface area contributed by atoms with Crippen molar-refractivity contribution in [3.8, 4) is 0 Å². The van der Waals surface area contributed by atoms with Gasteiger partial charge in [0, 0.05) is 105 Å². The van der Waals surface area contributed by atoms with E-state index in [-0.39, 0.29) is 148 Å². The van der Waals surface area contributed by atoms with Crippen molar-refractivity contribution in [2.24, 2.45) is 45.9 Å². The van der Waals surface area contributed by atoms with E-state index in [0.29, 0.717) is 34.3 Å². The minimum absolute atomic E-state index is 0.00749. The van der Waals surface area contributed by atoms with Crippen LogP contribution in [0.4, 0.5) is 0 Å². The summed E-state index contributed by atoms with van der Waals surface area (Å²) >= 11 is 0. The summed E-state index contributed by atoms with van der Waals surface area (Å²) in [6, 6.07) is -16.1. The van der Waals surface area contributed by atoms with Gasteiger partial charge in [-0.2, -0.15) is 0 Å². The van der Waals surface area contributed by atoms with E-state index in [4.69, 9.17) is 56.7 Å². The van der Waals surface area contributed by atoms with Gasteiger partial charge in [0.1, 0.15) is 84.6 Å². The standard InChI is InChI=1S/C81H128N32O19S2/c1-42(114)65(78(131)109-58(32-46-36-93-41-99-46)79(132)113-29-13-21-61(113)77(130)107-55(66(87)119)31-45-35-92-40-98-45)112-72(125)53(18-7-10-26-84)105-75(128)59-38-133-134-39-60(111-73(126)56(30-44-34-96-48-15-4-3-14-47(44)48)108-74(127)57(33-63(86)117)100-43(2)115)76(129)104-52(17-6-9-25-83)69(122)102-49(19-11-27-94-80(88)89)67(120)97-37-64(118)101-50(20-12-28-95-81(90)91)68(121)103-51(16-5-8-24-82)70(123)106-54(71(124)110-59)22-23-62(85)116/h3-4,14-15,34-36,40-42,49-61,65,96,114H,5-13,16-33,37-39,82-84H2,1-2H3,(H2,85,116)(H2,86,117)(H2,87,119)(H,92,98)(H,93,99)(H,97,120)(H,100,115)(H,101,118)(H,102,122)(H,103,121)(H,104,129)(H,105,128)(H,106,123)(H,107,130)(H,108,127)(H,109,131)(H,110,124)(H,111,126)(H,112,125)(H4,88,89,94)(H4,90,91,95). The highest BCUT2D eigenvalue weighted by Gasteiger charge is 2.43. The predicted octanol–water partition coefficient (Wildman–Crippen LogP) is -9.61. The number of primary amides is 3. The van der Waals surface area contributed by atoms with E-state index in [0.717, 1.165) is 35.4 Å². The summed E-state index contributed by atoms with van der Waals surface area (Å²) in [4.78, 5) is 276. The minimum Gasteiger partial charge on any atom is -0.391 e. The first-order chi connectivity index (χ1) is 63.9. The largest absolute Gasteiger partial charge is 0.391 e. The normalized spacial score (nSPS) is 20.1. The summed E-state index contributed by atoms with van der Waals surface area (Å²) < 4.78 is 0. The predicted molar refractivity (Wildman–Crippen MR) is 490 cm³/mol. The van der Waals surface area contributed by atoms with E-state index in [2.05, 4.69) is 110 Å². The lowest BCUT2D eigenvalue weighted by Crippen LogP contribution is -2.62. The number of carbonyl (C=O) groups is 18. The Morgan fingerprint density at radius 1 is 0.537 bits per heavy atom. The highest BCUT2D eigenvalue weighted by atomic mass is 33.1. The Bertz CT molecular complexity index is 4640. The molecule has 4 aromatic rings. The van der Waals surface area contributed by atoms with E-state index in [1.807, 2.05) is 0 Å². The van der Waals surface area contributed by atoms with Gasteiger partial charge in [-0.25, -0.2) is 9.97 Å². The van der Waals surface area contributed by atoms with Crippen molar-refractivity contribution in [1.82, 2.24) is 115 Å². The van der Waals surface area contributed by atoms with E-state index in [9.17, 15) is 67.4 Å². The zero-order valence-corrected chi connectivity index (χ0v) is 76.3. The average molecular weight is 1920 g/mol. The van der Waals surface area contributed by atoms with Crippen LogP contribution in [0.25, 0.3) is 10.9 Å². The fraction of sp³-hybridized carbons (Fsp3) is 0.580. The van der Waals surface area contributed by atoms with E-state index in [1.54, 1.807) is 30.5 Å². The molecule has 6 rings (SSSR count). The molecule has 134 heavy (non-hydrogen) atoms. The van der Waals surface area contributed by atoms with Gasteiger partial charge < -0.3 is 156 Å². The lowest BCUT2D eigenvalue weighted by Gasteiger charge is -2.31. The number of aromatic nitrogens is 5. The number of H-pyrrole nitrogens is 3. The van der Waals surface area contributed by atoms with Gasteiger partial charge in [-0.3, -0.25) is 97.1 Å². The number of aliphatic hydroxyl groups excluding tert-OH is 1. The second-order valence-corrected chi connectivity index (χ2v) is 34.8. The molecule has 5 heterocycles. The Morgan fingerprint density at radius 2 is 1.06 bits per heavy atom. The molecule has 1 aromatic carbocycles. The molecule has 53 heteroatoms. The third-order valence-corrected chi connectivity index (χ3v) is 23.9. The molecule has 3 aromatic heterocycles. The molecule has 0 saturated carbocycles. The third kappa shape index (κ3) is 37.8. The summed E-state index contributed by atoms with van der Waals surface area (Å²) in [5, 5.41) is 68.5. The highest BCUT2D eigenvalue weighted by molar-refractivity contribution is 8.76. The van der Waals surface area contributed by atoms with Crippen LogP contribution in [0.15, 0.2) is 55.5 Å². The number of rotatable bonds is 47. The van der Waals surface area contributed by atoms with E-state index in [1.165, 1.54) is 29.9 Å². The first-order valence-electron chi connectivity index (χ1n) is 43.9. The molecule has 0 aliphatic carbocycles. The summed E-state index contributed by atoms with van der Waals surface area (Å²) in [6.45, 7) is 1.49. The van der Waals surface area contributed by atoms with Crippen LogP contribution >= 0.6 is 21.6 Å². The van der Waals surface area contributed by atoms with Crippen LogP contribution in [0.3, 0.4) is 0 Å². The first kappa shape index (κ1) is 109. The smallest absolute Gasteiger partial charge is 0.246 e. The van der Waals surface area contributed by atoms with Crippen LogP contribution in [0.1, 0.15) is 146 Å². The molecular formula is C81H128N32O19S2. The third-order valence-electron chi connectivity index (χ3n) is 21.5. The summed E-state index contributed by atoms with van der Waals surface area (Å²) in [6.07, 6.45) is 2.93. The topological polar surface area (TPSA) is 852 Å². The maximum Gasteiger partial charge on any atom is 0.246 e. The van der Waals surface area contributed by atoms with Crippen LogP contribution in [0.2, 0.25) is 0 Å². The molecule has 18 amide bonds. The number of hydrogen-bond acceptors (Lipinski definition) is 28. The zero-order valence-electron chi connectivity index (χ0n) is 74.6. The van der Waals surface area contributed by atoms with Crippen LogP contribution in [0, 0.1) is 10.8 Å². The molecule has 2 aliphatic heterocycles. The molecule has 2 aliphatic rings. The molecular weight excluding hydrogens is 1790 g/mol. The van der Waals surface area contributed by atoms with E-state index < -0.39 is 246 Å². The van der Waals surface area contributed by atoms with Crippen molar-refractivity contribution >= 4 is 151 Å². The number of hydrogen-bond donors (Lipinski definition) is 30. The molecule has 738 valence electrons. The van der Waals surface area contributed by atoms with Crippen molar-refractivity contribution in [2.45, 2.75) is 239 Å². The van der Waals surface area contributed by atoms with Gasteiger partial charge in [-0.05, 0) is 141 Å². The summed E-state index contributed by atoms with van der Waals surface area (Å²) in [7, 11) is 1.47. The maximum atomic E-state index is 15.6. The molecule has 15 atom stereocenters. The number of nitrogens with two attached hydrogens (primary N) is 8. The quantitative estimate of drug-likeness (QED) is 0.00845. The second-order valence-electron chi connectivity index (χ2n) is 32.2. The molecule has 15 unspecified atom stereocenters. The number of likely N-dealkylation sites (tertiary alicyclic amines) is 1. The van der Waals surface area contributed by atoms with Crippen molar-refractivity contribution in [2.75, 3.05) is 57.3 Å². The monoisotopic (exact) mass is 1920 g/mol. The Labute approximate surface area is 779 Å². The number of guanidine groups is 2. The Hall–Kier alpha value is -13.3. The zero-order chi connectivity index (χ0) is 98.5. The number of fused-ring (bicyclic) bond motifs is 1. The fourth-order valence-corrected chi connectivity index (χ4v) is 16.8. The van der Waals surface area contributed by atoms with Gasteiger partial charge in [0.2, 0.25) is 106 Å². The fourth-order valence-electron chi connectivity index (χ4n) is 14.5. The maximum absolute atomic E-state index is 15.6. The number of nitrogens with one attached hydrogen (secondary N) is 21. The van der Waals surface area contributed by atoms with Gasteiger partial charge in [-0.15, -0.1) is 0 Å². The Kier molecular flexibility index (Phi) is 46.7. The number of amides is 18. The molecule has 0 spiro atoms. The van der Waals surface area contributed by atoms with Crippen LogP contribution in [-0.4, -0.2) is 301 Å². The highest BCUT2D eigenvalue weighted by Crippen LogP contribution is 2.26.